The zero-order chi connectivity index (χ0) is 15.8. The number of methoxy groups -OCH3 is 1. The predicted molar refractivity (Wildman–Crippen MR) is 83.8 cm³/mol. The molecule has 0 bridgehead atoms. The summed E-state index contributed by atoms with van der Waals surface area (Å²) in [6, 6.07) is 5.89. The van der Waals surface area contributed by atoms with Crippen LogP contribution in [0.5, 0.6) is 11.5 Å². The second kappa shape index (κ2) is 8.32. The molecule has 116 valence electrons. The summed E-state index contributed by atoms with van der Waals surface area (Å²) in [6.45, 7) is 7.73. The first-order valence-corrected chi connectivity index (χ1v) is 6.94. The number of benzene rings is 1. The van der Waals surface area contributed by atoms with E-state index in [1.54, 1.807) is 20.1 Å². The number of carbonyl (C=O) groups excluding carboxylic acids is 1. The van der Waals surface area contributed by atoms with Gasteiger partial charge in [0.1, 0.15) is 0 Å². The Labute approximate surface area is 126 Å². The van der Waals surface area contributed by atoms with Crippen LogP contribution in [0.2, 0.25) is 0 Å². The van der Waals surface area contributed by atoms with Gasteiger partial charge in [-0.3, -0.25) is 4.79 Å². The minimum absolute atomic E-state index is 0.190. The molecule has 0 heterocycles. The second-order valence-corrected chi connectivity index (χ2v) is 4.71. The quantitative estimate of drug-likeness (QED) is 0.720. The molecule has 5 nitrogen and oxygen atoms in total. The molecule has 1 aromatic carbocycles. The smallest absolute Gasteiger partial charge is 0.261 e. The lowest BCUT2D eigenvalue weighted by Gasteiger charge is -2.18. The fourth-order valence-electron chi connectivity index (χ4n) is 1.78. The Morgan fingerprint density at radius 3 is 2.67 bits per heavy atom. The molecule has 2 unspecified atom stereocenters. The maximum atomic E-state index is 11.8. The Hall–Kier alpha value is -2.01. The molecule has 0 aliphatic carbocycles. The molecule has 5 heteroatoms. The summed E-state index contributed by atoms with van der Waals surface area (Å²) in [4.78, 5) is 11.8. The summed E-state index contributed by atoms with van der Waals surface area (Å²) in [5.74, 6) is 0.966. The zero-order valence-electron chi connectivity index (χ0n) is 13.1. The van der Waals surface area contributed by atoms with Gasteiger partial charge < -0.3 is 20.1 Å². The van der Waals surface area contributed by atoms with E-state index in [1.165, 1.54) is 0 Å². The topological polar surface area (TPSA) is 59.6 Å². The van der Waals surface area contributed by atoms with Crippen LogP contribution in [0.4, 0.5) is 0 Å². The molecule has 1 amide bonds. The van der Waals surface area contributed by atoms with E-state index in [0.717, 1.165) is 5.56 Å². The van der Waals surface area contributed by atoms with Gasteiger partial charge in [-0.2, -0.15) is 0 Å². The van der Waals surface area contributed by atoms with Crippen LogP contribution in [-0.4, -0.2) is 32.7 Å². The van der Waals surface area contributed by atoms with Gasteiger partial charge in [0.25, 0.3) is 5.91 Å². The molecule has 2 N–H and O–H groups in total. The molecule has 0 aliphatic rings. The highest BCUT2D eigenvalue weighted by Crippen LogP contribution is 2.30. The van der Waals surface area contributed by atoms with Crippen molar-refractivity contribution in [3.05, 3.63) is 36.4 Å². The van der Waals surface area contributed by atoms with Crippen LogP contribution in [0, 0.1) is 0 Å². The van der Waals surface area contributed by atoms with Crippen LogP contribution in [-0.2, 0) is 4.79 Å². The van der Waals surface area contributed by atoms with Gasteiger partial charge in [-0.25, -0.2) is 0 Å². The van der Waals surface area contributed by atoms with E-state index in [4.69, 9.17) is 9.47 Å². The molecular weight excluding hydrogens is 268 g/mol. The summed E-state index contributed by atoms with van der Waals surface area (Å²) < 4.78 is 11.0. The van der Waals surface area contributed by atoms with Crippen LogP contribution in [0.3, 0.4) is 0 Å². The predicted octanol–water partition coefficient (Wildman–Crippen LogP) is 2.05. The lowest BCUT2D eigenvalue weighted by Crippen LogP contribution is -2.36. The molecule has 0 radical (unpaired) electrons. The molecule has 21 heavy (non-hydrogen) atoms. The number of nitrogens with one attached hydrogen (secondary N) is 2. The molecular formula is C16H24N2O3. The van der Waals surface area contributed by atoms with E-state index in [9.17, 15) is 4.79 Å². The zero-order valence-corrected chi connectivity index (χ0v) is 13.1. The van der Waals surface area contributed by atoms with E-state index < -0.39 is 6.10 Å². The van der Waals surface area contributed by atoms with E-state index in [-0.39, 0.29) is 11.9 Å². The molecule has 0 aliphatic heterocycles. The monoisotopic (exact) mass is 292 g/mol. The average molecular weight is 292 g/mol. The van der Waals surface area contributed by atoms with Crippen molar-refractivity contribution in [2.75, 3.05) is 20.7 Å². The molecule has 0 aromatic heterocycles. The molecule has 1 aromatic rings. The molecule has 0 spiro atoms. The van der Waals surface area contributed by atoms with Crippen LogP contribution in [0.15, 0.2) is 30.9 Å². The second-order valence-electron chi connectivity index (χ2n) is 4.71. The van der Waals surface area contributed by atoms with Crippen LogP contribution >= 0.6 is 0 Å². The Bertz CT molecular complexity index is 488. The first-order valence-electron chi connectivity index (χ1n) is 6.94. The summed E-state index contributed by atoms with van der Waals surface area (Å²) >= 11 is 0. The average Bonchev–Trinajstić information content (AvgIpc) is 2.51. The largest absolute Gasteiger partial charge is 0.493 e. The molecule has 0 saturated heterocycles. The summed E-state index contributed by atoms with van der Waals surface area (Å²) in [5, 5.41) is 5.86. The van der Waals surface area contributed by atoms with Crippen LogP contribution < -0.4 is 20.1 Å². The SMILES string of the molecule is C=CCNC(=O)C(C)Oc1ccc(C(C)NC)cc1OC. The van der Waals surface area contributed by atoms with Crippen molar-refractivity contribution in [1.29, 1.82) is 0 Å². The molecule has 2 atom stereocenters. The van der Waals surface area contributed by atoms with Crippen molar-refractivity contribution < 1.29 is 14.3 Å². The highest BCUT2D eigenvalue weighted by molar-refractivity contribution is 5.80. The fraction of sp³-hybridized carbons (Fsp3) is 0.438. The van der Waals surface area contributed by atoms with Crippen molar-refractivity contribution in [3.63, 3.8) is 0 Å². The number of amides is 1. The van der Waals surface area contributed by atoms with E-state index in [0.29, 0.717) is 18.0 Å². The van der Waals surface area contributed by atoms with Gasteiger partial charge in [0.15, 0.2) is 17.6 Å². The number of rotatable bonds is 8. The lowest BCUT2D eigenvalue weighted by molar-refractivity contribution is -0.127. The Balaban J connectivity index is 2.83. The van der Waals surface area contributed by atoms with Crippen LogP contribution in [0.1, 0.15) is 25.5 Å². The third-order valence-electron chi connectivity index (χ3n) is 3.21. The van der Waals surface area contributed by atoms with Gasteiger partial charge in [-0.15, -0.1) is 6.58 Å². The van der Waals surface area contributed by atoms with E-state index >= 15 is 0 Å². The van der Waals surface area contributed by atoms with Gasteiger partial charge in [-0.1, -0.05) is 12.1 Å². The third kappa shape index (κ3) is 4.79. The normalized spacial score (nSPS) is 13.1. The van der Waals surface area contributed by atoms with Crippen molar-refractivity contribution in [2.45, 2.75) is 26.0 Å². The van der Waals surface area contributed by atoms with Gasteiger partial charge >= 0.3 is 0 Å². The number of hydrogen-bond acceptors (Lipinski definition) is 4. The Morgan fingerprint density at radius 2 is 2.10 bits per heavy atom. The minimum atomic E-state index is -0.605. The minimum Gasteiger partial charge on any atom is -0.493 e. The first kappa shape index (κ1) is 17.0. The van der Waals surface area contributed by atoms with Crippen LogP contribution in [0.25, 0.3) is 0 Å². The maximum Gasteiger partial charge on any atom is 0.261 e. The van der Waals surface area contributed by atoms with E-state index in [1.807, 2.05) is 25.2 Å². The Kier molecular flexibility index (Phi) is 6.75. The first-order chi connectivity index (χ1) is 10.0. The maximum absolute atomic E-state index is 11.8. The van der Waals surface area contributed by atoms with Crippen molar-refractivity contribution in [2.24, 2.45) is 0 Å². The Morgan fingerprint density at radius 1 is 1.38 bits per heavy atom. The third-order valence-corrected chi connectivity index (χ3v) is 3.21. The summed E-state index contributed by atoms with van der Waals surface area (Å²) in [6.07, 6.45) is 1.02. The highest BCUT2D eigenvalue weighted by atomic mass is 16.5. The number of carbonyl (C=O) groups is 1. The number of ether oxygens (including phenoxy) is 2. The number of hydrogen-bond donors (Lipinski definition) is 2. The molecule has 1 rings (SSSR count). The summed E-state index contributed by atoms with van der Waals surface area (Å²) in [7, 11) is 3.48. The van der Waals surface area contributed by atoms with Crippen molar-refractivity contribution in [1.82, 2.24) is 10.6 Å². The van der Waals surface area contributed by atoms with Gasteiger partial charge in [0.05, 0.1) is 7.11 Å². The summed E-state index contributed by atoms with van der Waals surface area (Å²) in [5.41, 5.74) is 1.09. The standard InChI is InChI=1S/C16H24N2O3/c1-6-9-18-16(19)12(3)21-14-8-7-13(11(2)17-4)10-15(14)20-5/h6-8,10-12,17H,1,9H2,2-5H3,(H,18,19). The van der Waals surface area contributed by atoms with Crippen molar-refractivity contribution >= 4 is 5.91 Å². The van der Waals surface area contributed by atoms with Gasteiger partial charge in [-0.05, 0) is 38.6 Å². The highest BCUT2D eigenvalue weighted by Gasteiger charge is 2.17. The molecule has 0 saturated carbocycles. The fourth-order valence-corrected chi connectivity index (χ4v) is 1.78. The van der Waals surface area contributed by atoms with Crippen molar-refractivity contribution in [3.8, 4) is 11.5 Å². The van der Waals surface area contributed by atoms with Gasteiger partial charge in [0, 0.05) is 12.6 Å². The van der Waals surface area contributed by atoms with Gasteiger partial charge in [0.2, 0.25) is 0 Å². The van der Waals surface area contributed by atoms with E-state index in [2.05, 4.69) is 24.1 Å². The lowest BCUT2D eigenvalue weighted by atomic mass is 10.1. The molecule has 0 fully saturated rings.